The third kappa shape index (κ3) is 5.72. The monoisotopic (exact) mass is 750 g/mol. The van der Waals surface area contributed by atoms with Crippen LogP contribution in [0.4, 0.5) is 27.8 Å². The van der Waals surface area contributed by atoms with Gasteiger partial charge in [-0.2, -0.15) is 0 Å². The SMILES string of the molecule is Cc1ccc(N(c2ccc(C)cc2)c2cc3sc(C4=C([O-])/C(=c5\nc6c(s5)=CC(=[N+](c5ccc(C)cc5)c5ccc(C)cc5)S6)C4=O)nc3s2)cc1. The number of allylic oxidation sites excluding steroid dienone is 2. The Bertz CT molecular complexity index is 2630. The number of thiophene rings is 1. The van der Waals surface area contributed by atoms with Crippen molar-refractivity contribution in [1.82, 2.24) is 14.5 Å². The first-order valence-corrected chi connectivity index (χ1v) is 20.0. The van der Waals surface area contributed by atoms with Gasteiger partial charge >= 0.3 is 0 Å². The van der Waals surface area contributed by atoms with E-state index >= 15 is 0 Å². The van der Waals surface area contributed by atoms with Crippen LogP contribution in [0.3, 0.4) is 0 Å². The van der Waals surface area contributed by atoms with E-state index in [0.717, 1.165) is 51.9 Å². The second-order valence-corrected chi connectivity index (χ2v) is 17.0. The third-order valence-corrected chi connectivity index (χ3v) is 13.4. The molecule has 10 heteroatoms. The number of thiazole rings is 2. The van der Waals surface area contributed by atoms with E-state index in [0.29, 0.717) is 9.67 Å². The van der Waals surface area contributed by atoms with Crippen molar-refractivity contribution in [2.24, 2.45) is 0 Å². The Balaban J connectivity index is 1.06. The number of Topliss-reactive ketones (excluding diaryl/α,β-unsaturated/α-hetero) is 1. The quantitative estimate of drug-likeness (QED) is 0.158. The van der Waals surface area contributed by atoms with Gasteiger partial charge in [-0.1, -0.05) is 87.9 Å². The summed E-state index contributed by atoms with van der Waals surface area (Å²) in [6.45, 7) is 8.32. The Labute approximate surface area is 316 Å². The molecule has 254 valence electrons. The summed E-state index contributed by atoms with van der Waals surface area (Å²) in [5.41, 5.74) is 9.29. The van der Waals surface area contributed by atoms with Crippen molar-refractivity contribution in [2.45, 2.75) is 32.7 Å². The van der Waals surface area contributed by atoms with Gasteiger partial charge in [-0.05, 0) is 58.0 Å². The molecule has 0 fully saturated rings. The molecule has 0 saturated heterocycles. The van der Waals surface area contributed by atoms with Crippen LogP contribution in [0.25, 0.3) is 26.8 Å². The summed E-state index contributed by atoms with van der Waals surface area (Å²) in [6, 6.07) is 35.9. The summed E-state index contributed by atoms with van der Waals surface area (Å²) in [5, 5.41) is 16.9. The predicted octanol–water partition coefficient (Wildman–Crippen LogP) is 8.84. The molecular formula is C42H30N4O2S4. The molecule has 0 unspecified atom stereocenters. The zero-order chi connectivity index (χ0) is 35.7. The molecule has 6 nitrogen and oxygen atoms in total. The third-order valence-electron chi connectivity index (χ3n) is 9.10. The van der Waals surface area contributed by atoms with Crippen LogP contribution in [0.1, 0.15) is 27.3 Å². The fourth-order valence-corrected chi connectivity index (χ4v) is 10.8. The predicted molar refractivity (Wildman–Crippen MR) is 217 cm³/mol. The molecule has 52 heavy (non-hydrogen) atoms. The highest BCUT2D eigenvalue weighted by molar-refractivity contribution is 8.15. The lowest BCUT2D eigenvalue weighted by Crippen LogP contribution is -2.32. The molecule has 0 spiro atoms. The highest BCUT2D eigenvalue weighted by Gasteiger charge is 2.34. The lowest BCUT2D eigenvalue weighted by Gasteiger charge is -2.28. The molecule has 0 amide bonds. The zero-order valence-electron chi connectivity index (χ0n) is 28.6. The number of aromatic nitrogens is 2. The summed E-state index contributed by atoms with van der Waals surface area (Å²) in [4.78, 5) is 26.2. The molecule has 3 aromatic heterocycles. The first kappa shape index (κ1) is 32.8. The van der Waals surface area contributed by atoms with Crippen LogP contribution in [0.5, 0.6) is 0 Å². The fraction of sp³-hybridized carbons (Fsp3) is 0.0952. The van der Waals surface area contributed by atoms with Gasteiger partial charge in [-0.3, -0.25) is 4.79 Å². The molecule has 4 heterocycles. The highest BCUT2D eigenvalue weighted by atomic mass is 32.2. The van der Waals surface area contributed by atoms with Crippen LogP contribution in [0.15, 0.2) is 114 Å². The van der Waals surface area contributed by atoms with E-state index in [1.807, 2.05) is 0 Å². The summed E-state index contributed by atoms with van der Waals surface area (Å²) < 4.78 is 4.57. The van der Waals surface area contributed by atoms with E-state index in [4.69, 9.17) is 9.97 Å². The van der Waals surface area contributed by atoms with Crippen molar-refractivity contribution < 1.29 is 9.90 Å². The van der Waals surface area contributed by atoms with Gasteiger partial charge in [0.2, 0.25) is 11.4 Å². The summed E-state index contributed by atoms with van der Waals surface area (Å²) in [7, 11) is 0. The number of aryl methyl sites for hydroxylation is 4. The maximum absolute atomic E-state index is 13.6. The molecular weight excluding hydrogens is 721 g/mol. The molecule has 0 radical (unpaired) electrons. The normalized spacial score (nSPS) is 14.8. The van der Waals surface area contributed by atoms with E-state index in [2.05, 4.69) is 146 Å². The Hall–Kier alpha value is -5.13. The number of anilines is 3. The Morgan fingerprint density at radius 2 is 1.19 bits per heavy atom. The number of benzene rings is 4. The molecule has 1 aliphatic heterocycles. The summed E-state index contributed by atoms with van der Waals surface area (Å²) in [5.74, 6) is -0.565. The first-order valence-electron chi connectivity index (χ1n) is 16.7. The lowest BCUT2D eigenvalue weighted by molar-refractivity contribution is -0.292. The van der Waals surface area contributed by atoms with E-state index in [-0.39, 0.29) is 22.7 Å². The van der Waals surface area contributed by atoms with Gasteiger partial charge in [-0.15, -0.1) is 27.2 Å². The number of carbonyl (C=O) groups excluding carboxylic acids is 1. The van der Waals surface area contributed by atoms with Crippen molar-refractivity contribution in [1.29, 1.82) is 0 Å². The van der Waals surface area contributed by atoms with Crippen molar-refractivity contribution in [3.05, 3.63) is 145 Å². The number of hydrogen-bond donors (Lipinski definition) is 0. The molecule has 1 aliphatic carbocycles. The number of hydrogen-bond acceptors (Lipinski definition) is 9. The summed E-state index contributed by atoms with van der Waals surface area (Å²) in [6.07, 6.45) is 2.10. The van der Waals surface area contributed by atoms with Crippen molar-refractivity contribution in [3.63, 3.8) is 0 Å². The minimum atomic E-state index is -0.282. The maximum Gasteiger partial charge on any atom is 0.254 e. The molecule has 2 aliphatic rings. The smallest absolute Gasteiger partial charge is 0.254 e. The van der Waals surface area contributed by atoms with Gasteiger partial charge in [-0.25, -0.2) is 9.97 Å². The second kappa shape index (κ2) is 12.8. The Morgan fingerprint density at radius 1 is 0.654 bits per heavy atom. The number of thioether (sulfide) groups is 1. The van der Waals surface area contributed by atoms with Crippen LogP contribution in [0.2, 0.25) is 0 Å². The molecule has 0 saturated carbocycles. The molecule has 9 rings (SSSR count). The molecule has 0 N–H and O–H groups in total. The number of fused-ring (bicyclic) bond motifs is 2. The summed E-state index contributed by atoms with van der Waals surface area (Å²) >= 11 is 5.88. The number of ketones is 1. The average Bonchev–Trinajstić information content (AvgIpc) is 3.89. The van der Waals surface area contributed by atoms with Gasteiger partial charge in [0.05, 0.1) is 20.4 Å². The Morgan fingerprint density at radius 3 is 1.69 bits per heavy atom. The van der Waals surface area contributed by atoms with Crippen LogP contribution >= 0.6 is 45.8 Å². The highest BCUT2D eigenvalue weighted by Crippen LogP contribution is 2.46. The molecule has 0 bridgehead atoms. The molecule has 7 aromatic rings. The minimum Gasteiger partial charge on any atom is -0.871 e. The topological polar surface area (TPSA) is 72.2 Å². The van der Waals surface area contributed by atoms with Crippen LogP contribution < -0.4 is 23.8 Å². The Kier molecular flexibility index (Phi) is 8.08. The standard InChI is InChI=1S/C42H30N4O2S4/c1-23-5-13-27(14-6-23)45(28-15-7-24(2)8-16-28)33-21-31-39(51-33)43-41(49-31)35-37(47)36(38(35)48)42-44-40-32(50-42)22-34(52-40)46(29-17-9-25(3)10-18-29)30-19-11-26(4)12-20-30/h5-22H,1-4H3. The van der Waals surface area contributed by atoms with E-state index < -0.39 is 0 Å². The van der Waals surface area contributed by atoms with Crippen LogP contribution in [-0.2, 0) is 4.79 Å². The number of rotatable bonds is 6. The molecule has 0 atom stereocenters. The van der Waals surface area contributed by atoms with Gasteiger partial charge in [0, 0.05) is 53.5 Å². The zero-order valence-corrected chi connectivity index (χ0v) is 31.9. The average molecular weight is 751 g/mol. The van der Waals surface area contributed by atoms with Crippen LogP contribution in [-0.4, -0.2) is 20.8 Å². The van der Waals surface area contributed by atoms with Crippen molar-refractivity contribution in [2.75, 3.05) is 4.90 Å². The first-order chi connectivity index (χ1) is 25.2. The maximum atomic E-state index is 13.6. The molecule has 4 aromatic carbocycles. The fourth-order valence-electron chi connectivity index (χ4n) is 6.24. The lowest BCUT2D eigenvalue weighted by atomic mass is 9.89. The van der Waals surface area contributed by atoms with E-state index in [1.54, 1.807) is 23.1 Å². The van der Waals surface area contributed by atoms with Crippen molar-refractivity contribution >= 4 is 111 Å². The van der Waals surface area contributed by atoms with Gasteiger partial charge in [0.1, 0.15) is 24.5 Å². The number of carbonyl (C=O) groups is 1. The number of nitrogens with zero attached hydrogens (tertiary/aromatic N) is 4. The largest absolute Gasteiger partial charge is 0.871 e. The minimum absolute atomic E-state index is 0.156. The van der Waals surface area contributed by atoms with E-state index in [9.17, 15) is 9.90 Å². The van der Waals surface area contributed by atoms with Gasteiger partial charge in [0.25, 0.3) is 5.04 Å². The second-order valence-electron chi connectivity index (χ2n) is 13.0. The van der Waals surface area contributed by atoms with Gasteiger partial charge < -0.3 is 10.0 Å². The van der Waals surface area contributed by atoms with Crippen molar-refractivity contribution in [3.8, 4) is 0 Å². The van der Waals surface area contributed by atoms with E-state index in [1.165, 1.54) is 44.9 Å². The van der Waals surface area contributed by atoms with Gasteiger partial charge in [0.15, 0.2) is 5.78 Å². The van der Waals surface area contributed by atoms with Crippen LogP contribution in [0, 0.1) is 27.7 Å².